The van der Waals surface area contributed by atoms with E-state index in [1.165, 1.54) is 0 Å². The molecule has 0 aromatic heterocycles. The van der Waals surface area contributed by atoms with E-state index >= 15 is 0 Å². The molecule has 1 aliphatic heterocycles. The molecule has 1 unspecified atom stereocenters. The number of alkyl halides is 4. The molecule has 1 atom stereocenters. The maximum atomic E-state index is 11.9. The molecule has 0 aromatic carbocycles. The van der Waals surface area contributed by atoms with Gasteiger partial charge in [0.2, 0.25) is 0 Å². The Balaban J connectivity index is 2.15. The van der Waals surface area contributed by atoms with Crippen LogP contribution in [0, 0.1) is 5.92 Å². The summed E-state index contributed by atoms with van der Waals surface area (Å²) in [7, 11) is 0. The maximum Gasteiger partial charge on any atom is 0.441 e. The van der Waals surface area contributed by atoms with Gasteiger partial charge in [-0.3, -0.25) is 0 Å². The monoisotopic (exact) mass is 261 g/mol. The van der Waals surface area contributed by atoms with E-state index in [4.69, 9.17) is 11.6 Å². The minimum Gasteiger partial charge on any atom is -0.302 e. The molecule has 1 heterocycles. The van der Waals surface area contributed by atoms with E-state index in [0.717, 1.165) is 25.9 Å². The lowest BCUT2D eigenvalue weighted by Crippen LogP contribution is -2.37. The molecular formula is C9H15ClF3NS. The fraction of sp³-hybridized carbons (Fsp3) is 1.00. The zero-order valence-corrected chi connectivity index (χ0v) is 9.97. The summed E-state index contributed by atoms with van der Waals surface area (Å²) in [6.45, 7) is 2.27. The van der Waals surface area contributed by atoms with Crippen LogP contribution >= 0.6 is 23.4 Å². The van der Waals surface area contributed by atoms with Crippen LogP contribution in [0.4, 0.5) is 13.2 Å². The Bertz CT molecular complexity index is 189. The second-order valence-corrected chi connectivity index (χ2v) is 5.23. The van der Waals surface area contributed by atoms with Crippen molar-refractivity contribution in [2.45, 2.75) is 18.3 Å². The first-order valence-electron chi connectivity index (χ1n) is 5.00. The van der Waals surface area contributed by atoms with Crippen molar-refractivity contribution in [2.75, 3.05) is 31.3 Å². The van der Waals surface area contributed by atoms with Crippen molar-refractivity contribution in [3.8, 4) is 0 Å². The zero-order valence-electron chi connectivity index (χ0n) is 8.39. The van der Waals surface area contributed by atoms with Crippen LogP contribution < -0.4 is 0 Å². The molecule has 0 N–H and O–H groups in total. The lowest BCUT2D eigenvalue weighted by atomic mass is 10.0. The summed E-state index contributed by atoms with van der Waals surface area (Å²) in [5.74, 6) is 1.19. The fourth-order valence-corrected chi connectivity index (χ4v) is 2.60. The third-order valence-corrected chi connectivity index (χ3v) is 3.65. The van der Waals surface area contributed by atoms with Gasteiger partial charge in [0, 0.05) is 24.7 Å². The highest BCUT2D eigenvalue weighted by Crippen LogP contribution is 2.30. The summed E-state index contributed by atoms with van der Waals surface area (Å²) in [5, 5.41) is 0. The van der Waals surface area contributed by atoms with Gasteiger partial charge in [0.1, 0.15) is 0 Å². The molecule has 6 heteroatoms. The van der Waals surface area contributed by atoms with Crippen molar-refractivity contribution in [3.63, 3.8) is 0 Å². The molecule has 0 amide bonds. The SMILES string of the molecule is FC(F)(F)SCCN1CCCC(CCl)C1. The summed E-state index contributed by atoms with van der Waals surface area (Å²) in [6, 6.07) is 0. The number of nitrogens with zero attached hydrogens (tertiary/aromatic N) is 1. The molecule has 0 radical (unpaired) electrons. The molecule has 15 heavy (non-hydrogen) atoms. The molecule has 0 bridgehead atoms. The Hall–Kier alpha value is 0.390. The smallest absolute Gasteiger partial charge is 0.302 e. The fourth-order valence-electron chi connectivity index (χ4n) is 1.77. The van der Waals surface area contributed by atoms with Gasteiger partial charge in [-0.25, -0.2) is 0 Å². The number of hydrogen-bond acceptors (Lipinski definition) is 2. The van der Waals surface area contributed by atoms with Gasteiger partial charge in [0.15, 0.2) is 0 Å². The first kappa shape index (κ1) is 13.5. The standard InChI is InChI=1S/C9H15ClF3NS/c10-6-8-2-1-3-14(7-8)4-5-15-9(11,12)13/h8H,1-7H2. The van der Waals surface area contributed by atoms with Gasteiger partial charge in [-0.1, -0.05) is 0 Å². The van der Waals surface area contributed by atoms with Gasteiger partial charge in [-0.2, -0.15) is 13.2 Å². The number of likely N-dealkylation sites (tertiary alicyclic amines) is 1. The lowest BCUT2D eigenvalue weighted by molar-refractivity contribution is -0.0329. The molecule has 1 nitrogen and oxygen atoms in total. The Morgan fingerprint density at radius 1 is 1.40 bits per heavy atom. The summed E-state index contributed by atoms with van der Waals surface area (Å²) < 4.78 is 35.6. The van der Waals surface area contributed by atoms with E-state index in [0.29, 0.717) is 18.3 Å². The van der Waals surface area contributed by atoms with Gasteiger partial charge >= 0.3 is 5.51 Å². The number of halogens is 4. The van der Waals surface area contributed by atoms with E-state index in [-0.39, 0.29) is 17.5 Å². The lowest BCUT2D eigenvalue weighted by Gasteiger charge is -2.31. The molecule has 0 spiro atoms. The van der Waals surface area contributed by atoms with Crippen LogP contribution in [0.5, 0.6) is 0 Å². The number of hydrogen-bond donors (Lipinski definition) is 0. The highest BCUT2D eigenvalue weighted by molar-refractivity contribution is 8.00. The Morgan fingerprint density at radius 3 is 2.73 bits per heavy atom. The maximum absolute atomic E-state index is 11.9. The molecular weight excluding hydrogens is 247 g/mol. The minimum absolute atomic E-state index is 0.0614. The quantitative estimate of drug-likeness (QED) is 0.715. The van der Waals surface area contributed by atoms with Crippen LogP contribution in [0.1, 0.15) is 12.8 Å². The van der Waals surface area contributed by atoms with Crippen LogP contribution in [-0.2, 0) is 0 Å². The second kappa shape index (κ2) is 6.21. The molecule has 1 rings (SSSR count). The van der Waals surface area contributed by atoms with Crippen LogP contribution in [0.25, 0.3) is 0 Å². The number of piperidine rings is 1. The van der Waals surface area contributed by atoms with Crippen molar-refractivity contribution >= 4 is 23.4 Å². The van der Waals surface area contributed by atoms with E-state index < -0.39 is 5.51 Å². The van der Waals surface area contributed by atoms with E-state index in [9.17, 15) is 13.2 Å². The first-order valence-corrected chi connectivity index (χ1v) is 6.52. The summed E-state index contributed by atoms with van der Waals surface area (Å²) in [5.41, 5.74) is -4.10. The topological polar surface area (TPSA) is 3.24 Å². The normalized spacial score (nSPS) is 24.4. The van der Waals surface area contributed by atoms with Crippen LogP contribution in [0.3, 0.4) is 0 Å². The van der Waals surface area contributed by atoms with Crippen molar-refractivity contribution in [2.24, 2.45) is 5.92 Å². The van der Waals surface area contributed by atoms with E-state index in [1.54, 1.807) is 0 Å². The third kappa shape index (κ3) is 5.88. The molecule has 0 aliphatic carbocycles. The molecule has 0 saturated carbocycles. The van der Waals surface area contributed by atoms with Crippen molar-refractivity contribution in [1.82, 2.24) is 4.90 Å². The second-order valence-electron chi connectivity index (χ2n) is 3.76. The van der Waals surface area contributed by atoms with Crippen LogP contribution in [0.2, 0.25) is 0 Å². The Labute approximate surface area is 97.3 Å². The Morgan fingerprint density at radius 2 is 2.13 bits per heavy atom. The van der Waals surface area contributed by atoms with Crippen LogP contribution in [-0.4, -0.2) is 41.7 Å². The van der Waals surface area contributed by atoms with Gasteiger partial charge in [-0.15, -0.1) is 11.6 Å². The largest absolute Gasteiger partial charge is 0.441 e. The highest BCUT2D eigenvalue weighted by atomic mass is 35.5. The summed E-state index contributed by atoms with van der Waals surface area (Å²) in [4.78, 5) is 2.08. The highest BCUT2D eigenvalue weighted by Gasteiger charge is 2.28. The molecule has 1 saturated heterocycles. The average molecular weight is 262 g/mol. The van der Waals surface area contributed by atoms with E-state index in [2.05, 4.69) is 4.90 Å². The predicted molar refractivity (Wildman–Crippen MR) is 58.4 cm³/mol. The van der Waals surface area contributed by atoms with Crippen molar-refractivity contribution in [3.05, 3.63) is 0 Å². The van der Waals surface area contributed by atoms with Crippen LogP contribution in [0.15, 0.2) is 0 Å². The van der Waals surface area contributed by atoms with Gasteiger partial charge in [0.25, 0.3) is 0 Å². The number of thioether (sulfide) groups is 1. The van der Waals surface area contributed by atoms with Gasteiger partial charge < -0.3 is 4.90 Å². The van der Waals surface area contributed by atoms with Crippen molar-refractivity contribution in [1.29, 1.82) is 0 Å². The van der Waals surface area contributed by atoms with Gasteiger partial charge in [-0.05, 0) is 37.1 Å². The number of rotatable bonds is 4. The zero-order chi connectivity index (χ0) is 11.3. The molecule has 90 valence electrons. The van der Waals surface area contributed by atoms with Crippen molar-refractivity contribution < 1.29 is 13.2 Å². The predicted octanol–water partition coefficient (Wildman–Crippen LogP) is 3.19. The van der Waals surface area contributed by atoms with E-state index in [1.807, 2.05) is 0 Å². The molecule has 1 fully saturated rings. The summed E-state index contributed by atoms with van der Waals surface area (Å²) in [6.07, 6.45) is 2.15. The molecule has 0 aromatic rings. The molecule has 1 aliphatic rings. The van der Waals surface area contributed by atoms with Gasteiger partial charge in [0.05, 0.1) is 0 Å². The minimum atomic E-state index is -4.10. The first-order chi connectivity index (χ1) is 7.01. The third-order valence-electron chi connectivity index (χ3n) is 2.49. The average Bonchev–Trinajstić information content (AvgIpc) is 2.16. The summed E-state index contributed by atoms with van der Waals surface area (Å²) >= 11 is 5.80. The Kier molecular flexibility index (Phi) is 5.57.